The summed E-state index contributed by atoms with van der Waals surface area (Å²) in [5.74, 6) is 0.233. The Kier molecular flexibility index (Phi) is 2.84. The molecule has 1 aromatic rings. The maximum absolute atomic E-state index is 10.1. The molecule has 0 aliphatic carbocycles. The number of imidazole rings is 1. The summed E-state index contributed by atoms with van der Waals surface area (Å²) in [5, 5.41) is 10.1. The lowest BCUT2D eigenvalue weighted by Gasteiger charge is -2.17. The molecule has 1 saturated heterocycles. The molecule has 0 spiro atoms. The van der Waals surface area contributed by atoms with E-state index in [2.05, 4.69) is 4.98 Å². The van der Waals surface area contributed by atoms with Crippen LogP contribution >= 0.6 is 0 Å². The number of aryl methyl sites for hydroxylation is 1. The molecule has 14 heavy (non-hydrogen) atoms. The monoisotopic (exact) mass is 196 g/mol. The number of nitrogens with zero attached hydrogens (tertiary/aromatic N) is 2. The zero-order valence-corrected chi connectivity index (χ0v) is 8.39. The van der Waals surface area contributed by atoms with Crippen LogP contribution in [0.2, 0.25) is 0 Å². The quantitative estimate of drug-likeness (QED) is 0.783. The maximum atomic E-state index is 10.1. The van der Waals surface area contributed by atoms with Crippen LogP contribution in [0.3, 0.4) is 0 Å². The molecule has 2 heterocycles. The Balaban J connectivity index is 2.12. The number of aliphatic hydroxyl groups excluding tert-OH is 1. The van der Waals surface area contributed by atoms with Crippen LogP contribution in [-0.2, 0) is 11.3 Å². The topological polar surface area (TPSA) is 47.3 Å². The van der Waals surface area contributed by atoms with E-state index in [0.29, 0.717) is 6.61 Å². The number of hydrogen-bond donors (Lipinski definition) is 1. The summed E-state index contributed by atoms with van der Waals surface area (Å²) < 4.78 is 7.24. The molecule has 1 fully saturated rings. The van der Waals surface area contributed by atoms with Crippen molar-refractivity contribution >= 4 is 0 Å². The van der Waals surface area contributed by atoms with Crippen molar-refractivity contribution < 1.29 is 9.84 Å². The highest BCUT2D eigenvalue weighted by Crippen LogP contribution is 2.28. The average molecular weight is 196 g/mol. The summed E-state index contributed by atoms with van der Waals surface area (Å²) in [4.78, 5) is 4.05. The standard InChI is InChI=1S/C10H16N2O2/c1-2-12-7-11-5-9(12)10(13)8-3-4-14-6-8/h5,7-8,10,13H,2-4,6H2,1H3. The molecule has 0 bridgehead atoms. The average Bonchev–Trinajstić information content (AvgIpc) is 2.87. The van der Waals surface area contributed by atoms with E-state index >= 15 is 0 Å². The van der Waals surface area contributed by atoms with Gasteiger partial charge >= 0.3 is 0 Å². The largest absolute Gasteiger partial charge is 0.386 e. The van der Waals surface area contributed by atoms with Crippen LogP contribution in [0.5, 0.6) is 0 Å². The van der Waals surface area contributed by atoms with Gasteiger partial charge in [-0.25, -0.2) is 4.98 Å². The second-order valence-corrected chi connectivity index (χ2v) is 3.67. The Morgan fingerprint density at radius 2 is 2.64 bits per heavy atom. The molecule has 78 valence electrons. The fourth-order valence-electron chi connectivity index (χ4n) is 1.88. The molecule has 1 aliphatic rings. The van der Waals surface area contributed by atoms with Crippen LogP contribution in [-0.4, -0.2) is 27.9 Å². The van der Waals surface area contributed by atoms with E-state index in [0.717, 1.165) is 25.3 Å². The third-order valence-electron chi connectivity index (χ3n) is 2.80. The van der Waals surface area contributed by atoms with Crippen molar-refractivity contribution in [2.75, 3.05) is 13.2 Å². The molecular formula is C10H16N2O2. The number of hydrogen-bond acceptors (Lipinski definition) is 3. The van der Waals surface area contributed by atoms with Gasteiger partial charge in [0.1, 0.15) is 6.10 Å². The molecule has 2 atom stereocenters. The van der Waals surface area contributed by atoms with Crippen LogP contribution in [0.25, 0.3) is 0 Å². The Bertz CT molecular complexity index is 292. The minimum absolute atomic E-state index is 0.233. The fraction of sp³-hybridized carbons (Fsp3) is 0.700. The van der Waals surface area contributed by atoms with Crippen LogP contribution in [0.15, 0.2) is 12.5 Å². The maximum Gasteiger partial charge on any atom is 0.101 e. The molecule has 2 unspecified atom stereocenters. The van der Waals surface area contributed by atoms with E-state index < -0.39 is 6.10 Å². The minimum Gasteiger partial charge on any atom is -0.386 e. The molecule has 4 heteroatoms. The van der Waals surface area contributed by atoms with Gasteiger partial charge in [-0.05, 0) is 13.3 Å². The van der Waals surface area contributed by atoms with Crippen molar-refractivity contribution in [3.05, 3.63) is 18.2 Å². The highest BCUT2D eigenvalue weighted by Gasteiger charge is 2.27. The molecule has 0 radical (unpaired) electrons. The van der Waals surface area contributed by atoms with Crippen LogP contribution in [0.1, 0.15) is 25.1 Å². The first kappa shape index (κ1) is 9.68. The first-order chi connectivity index (χ1) is 6.83. The van der Waals surface area contributed by atoms with Gasteiger partial charge in [0.25, 0.3) is 0 Å². The van der Waals surface area contributed by atoms with Gasteiger partial charge in [-0.2, -0.15) is 0 Å². The summed E-state index contributed by atoms with van der Waals surface area (Å²) >= 11 is 0. The van der Waals surface area contributed by atoms with Crippen molar-refractivity contribution in [3.8, 4) is 0 Å². The van der Waals surface area contributed by atoms with Crippen molar-refractivity contribution in [1.82, 2.24) is 9.55 Å². The highest BCUT2D eigenvalue weighted by atomic mass is 16.5. The number of rotatable bonds is 3. The summed E-state index contributed by atoms with van der Waals surface area (Å²) in [5.41, 5.74) is 0.906. The normalized spacial score (nSPS) is 24.0. The lowest BCUT2D eigenvalue weighted by molar-refractivity contribution is 0.0857. The van der Waals surface area contributed by atoms with Gasteiger partial charge in [0.15, 0.2) is 0 Å². The lowest BCUT2D eigenvalue weighted by Crippen LogP contribution is -2.16. The summed E-state index contributed by atoms with van der Waals surface area (Å²) in [6, 6.07) is 0. The predicted molar refractivity (Wildman–Crippen MR) is 51.8 cm³/mol. The van der Waals surface area contributed by atoms with E-state index in [1.807, 2.05) is 11.5 Å². The number of aliphatic hydroxyl groups is 1. The smallest absolute Gasteiger partial charge is 0.101 e. The molecule has 2 rings (SSSR count). The van der Waals surface area contributed by atoms with Gasteiger partial charge in [0.2, 0.25) is 0 Å². The molecule has 1 aliphatic heterocycles. The second-order valence-electron chi connectivity index (χ2n) is 3.67. The summed E-state index contributed by atoms with van der Waals surface area (Å²) in [6.45, 7) is 4.32. The third kappa shape index (κ3) is 1.67. The zero-order chi connectivity index (χ0) is 9.97. The Morgan fingerprint density at radius 3 is 3.29 bits per heavy atom. The molecular weight excluding hydrogens is 180 g/mol. The first-order valence-electron chi connectivity index (χ1n) is 5.08. The molecule has 0 aromatic carbocycles. The highest BCUT2D eigenvalue weighted by molar-refractivity contribution is 5.04. The Hall–Kier alpha value is -0.870. The number of aromatic nitrogens is 2. The second kappa shape index (κ2) is 4.11. The van der Waals surface area contributed by atoms with E-state index in [1.165, 1.54) is 0 Å². The van der Waals surface area contributed by atoms with Crippen molar-refractivity contribution in [3.63, 3.8) is 0 Å². The van der Waals surface area contributed by atoms with Crippen molar-refractivity contribution in [2.24, 2.45) is 5.92 Å². The van der Waals surface area contributed by atoms with Gasteiger partial charge in [0.05, 0.1) is 24.8 Å². The third-order valence-corrected chi connectivity index (χ3v) is 2.80. The summed E-state index contributed by atoms with van der Waals surface area (Å²) in [7, 11) is 0. The van der Waals surface area contributed by atoms with Crippen molar-refractivity contribution in [1.29, 1.82) is 0 Å². The van der Waals surface area contributed by atoms with Gasteiger partial charge < -0.3 is 14.4 Å². The SMILES string of the molecule is CCn1cncc1C(O)C1CCOC1. The molecule has 0 amide bonds. The van der Waals surface area contributed by atoms with Crippen LogP contribution < -0.4 is 0 Å². The Labute approximate surface area is 83.5 Å². The summed E-state index contributed by atoms with van der Waals surface area (Å²) in [6.07, 6.45) is 4.01. The number of ether oxygens (including phenoxy) is 1. The zero-order valence-electron chi connectivity index (χ0n) is 8.39. The van der Waals surface area contributed by atoms with Gasteiger partial charge in [-0.1, -0.05) is 0 Å². The molecule has 4 nitrogen and oxygen atoms in total. The van der Waals surface area contributed by atoms with Gasteiger partial charge in [-0.3, -0.25) is 0 Å². The van der Waals surface area contributed by atoms with E-state index in [4.69, 9.17) is 4.74 Å². The van der Waals surface area contributed by atoms with Gasteiger partial charge in [-0.15, -0.1) is 0 Å². The van der Waals surface area contributed by atoms with Crippen LogP contribution in [0, 0.1) is 5.92 Å². The molecule has 0 saturated carbocycles. The fourth-order valence-corrected chi connectivity index (χ4v) is 1.88. The minimum atomic E-state index is -0.431. The molecule has 1 aromatic heterocycles. The lowest BCUT2D eigenvalue weighted by atomic mass is 9.99. The first-order valence-corrected chi connectivity index (χ1v) is 5.08. The predicted octanol–water partition coefficient (Wildman–Crippen LogP) is 0.973. The van der Waals surface area contributed by atoms with Crippen LogP contribution in [0.4, 0.5) is 0 Å². The van der Waals surface area contributed by atoms with Gasteiger partial charge in [0, 0.05) is 19.1 Å². The molecule has 1 N–H and O–H groups in total. The van der Waals surface area contributed by atoms with E-state index in [1.54, 1.807) is 12.5 Å². The van der Waals surface area contributed by atoms with E-state index in [-0.39, 0.29) is 5.92 Å². The Morgan fingerprint density at radius 1 is 1.79 bits per heavy atom. The van der Waals surface area contributed by atoms with E-state index in [9.17, 15) is 5.11 Å². The van der Waals surface area contributed by atoms with Crippen molar-refractivity contribution in [2.45, 2.75) is 26.0 Å².